The van der Waals surface area contributed by atoms with E-state index in [4.69, 9.17) is 4.74 Å². The van der Waals surface area contributed by atoms with Crippen LogP contribution in [0.15, 0.2) is 36.4 Å². The van der Waals surface area contributed by atoms with Gasteiger partial charge in [0.2, 0.25) is 0 Å². The highest BCUT2D eigenvalue weighted by Gasteiger charge is 2.30. The lowest BCUT2D eigenvalue weighted by molar-refractivity contribution is 0.0526. The number of amides is 1. The predicted octanol–water partition coefficient (Wildman–Crippen LogP) is 4.68. The fourth-order valence-corrected chi connectivity index (χ4v) is 5.32. The number of thiophene rings is 1. The number of rotatable bonds is 7. The second-order valence-electron chi connectivity index (χ2n) is 7.82. The summed E-state index contributed by atoms with van der Waals surface area (Å²) in [6.45, 7) is 9.10. The van der Waals surface area contributed by atoms with Crippen LogP contribution in [0.3, 0.4) is 0 Å². The van der Waals surface area contributed by atoms with Crippen LogP contribution in [0.1, 0.15) is 56.4 Å². The van der Waals surface area contributed by atoms with Crippen LogP contribution < -0.4 is 5.32 Å². The van der Waals surface area contributed by atoms with Crippen LogP contribution in [0, 0.1) is 6.92 Å². The highest BCUT2D eigenvalue weighted by molar-refractivity contribution is 7.17. The van der Waals surface area contributed by atoms with Gasteiger partial charge < -0.3 is 10.1 Å². The molecule has 2 aromatic heterocycles. The summed E-state index contributed by atoms with van der Waals surface area (Å²) in [6.07, 6.45) is 0.742. The van der Waals surface area contributed by atoms with Gasteiger partial charge in [-0.2, -0.15) is 5.10 Å². The molecule has 176 valence electrons. The van der Waals surface area contributed by atoms with Crippen molar-refractivity contribution in [2.45, 2.75) is 46.8 Å². The molecule has 1 aliphatic heterocycles. The third kappa shape index (κ3) is 5.46. The number of nitrogens with one attached hydrogen (secondary N) is 1. The summed E-state index contributed by atoms with van der Waals surface area (Å²) in [5.74, 6) is -0.697. The summed E-state index contributed by atoms with van der Waals surface area (Å²) in [5, 5.41) is 7.84. The second kappa shape index (κ2) is 11.0. The van der Waals surface area contributed by atoms with E-state index in [9.17, 15) is 9.59 Å². The van der Waals surface area contributed by atoms with Crippen molar-refractivity contribution < 1.29 is 14.3 Å². The molecule has 0 aliphatic carbocycles. The Morgan fingerprint density at radius 3 is 2.64 bits per heavy atom. The van der Waals surface area contributed by atoms with Gasteiger partial charge in [0, 0.05) is 36.8 Å². The van der Waals surface area contributed by atoms with Gasteiger partial charge in [-0.3, -0.25) is 14.4 Å². The summed E-state index contributed by atoms with van der Waals surface area (Å²) in [5.41, 5.74) is 4.00. The lowest BCUT2D eigenvalue weighted by atomic mass is 10.0. The molecule has 0 fully saturated rings. The summed E-state index contributed by atoms with van der Waals surface area (Å²) in [7, 11) is 0. The summed E-state index contributed by atoms with van der Waals surface area (Å²) in [4.78, 5) is 29.2. The van der Waals surface area contributed by atoms with Crippen LogP contribution in [0.4, 0.5) is 5.00 Å². The van der Waals surface area contributed by atoms with E-state index in [0.717, 1.165) is 42.2 Å². The third-order valence-electron chi connectivity index (χ3n) is 5.60. The molecule has 4 rings (SSSR count). The molecule has 3 heterocycles. The average Bonchev–Trinajstić information content (AvgIpc) is 3.34. The first-order chi connectivity index (χ1) is 15.5. The molecule has 1 amide bonds. The molecule has 7 nitrogen and oxygen atoms in total. The Labute approximate surface area is 204 Å². The van der Waals surface area contributed by atoms with Crippen molar-refractivity contribution in [1.29, 1.82) is 0 Å². The molecule has 0 saturated heterocycles. The van der Waals surface area contributed by atoms with Gasteiger partial charge >= 0.3 is 5.97 Å². The number of ether oxygens (including phenoxy) is 1. The van der Waals surface area contributed by atoms with E-state index in [2.05, 4.69) is 27.4 Å². The molecule has 9 heteroatoms. The molecular weight excluding hydrogens is 460 g/mol. The van der Waals surface area contributed by atoms with Crippen molar-refractivity contribution in [3.8, 4) is 0 Å². The molecule has 1 aromatic carbocycles. The molecule has 0 bridgehead atoms. The quantitative estimate of drug-likeness (QED) is 0.488. The minimum Gasteiger partial charge on any atom is -0.462 e. The van der Waals surface area contributed by atoms with Gasteiger partial charge in [-0.1, -0.05) is 30.3 Å². The number of hydrogen-bond acceptors (Lipinski definition) is 6. The van der Waals surface area contributed by atoms with Crippen molar-refractivity contribution in [1.82, 2.24) is 14.7 Å². The van der Waals surface area contributed by atoms with E-state index in [-0.39, 0.29) is 30.9 Å². The fraction of sp³-hybridized carbons (Fsp3) is 0.375. The maximum atomic E-state index is 12.9. The molecule has 1 N–H and O–H groups in total. The molecule has 0 radical (unpaired) electrons. The van der Waals surface area contributed by atoms with Crippen molar-refractivity contribution in [2.75, 3.05) is 18.5 Å². The largest absolute Gasteiger partial charge is 0.462 e. The van der Waals surface area contributed by atoms with Crippen LogP contribution in [0.2, 0.25) is 0 Å². The fourth-order valence-electron chi connectivity index (χ4n) is 4.05. The number of hydrogen-bond donors (Lipinski definition) is 1. The Kier molecular flexibility index (Phi) is 8.29. The van der Waals surface area contributed by atoms with E-state index in [1.807, 2.05) is 32.0 Å². The van der Waals surface area contributed by atoms with Crippen molar-refractivity contribution in [3.05, 3.63) is 69.4 Å². The molecule has 0 saturated carbocycles. The Morgan fingerprint density at radius 2 is 1.97 bits per heavy atom. The first-order valence-electron chi connectivity index (χ1n) is 10.9. The number of carbonyl (C=O) groups is 2. The first-order valence-corrected chi connectivity index (χ1v) is 11.8. The number of nitrogens with zero attached hydrogens (tertiary/aromatic N) is 3. The normalized spacial score (nSPS) is 13.2. The van der Waals surface area contributed by atoms with Crippen molar-refractivity contribution in [2.24, 2.45) is 0 Å². The SMILES string of the molecule is CCOC(=O)c1c(NC(=O)c2cc(C)n(CC)n2)sc2c1CCN(Cc1ccccc1)C2.Cl. The first kappa shape index (κ1) is 25.0. The van der Waals surface area contributed by atoms with Crippen molar-refractivity contribution >= 4 is 40.6 Å². The number of fused-ring (bicyclic) bond motifs is 1. The monoisotopic (exact) mass is 488 g/mol. The molecule has 1 aliphatic rings. The van der Waals surface area contributed by atoms with Gasteiger partial charge in [-0.25, -0.2) is 4.79 Å². The van der Waals surface area contributed by atoms with Crippen LogP contribution in [0.5, 0.6) is 0 Å². The smallest absolute Gasteiger partial charge is 0.341 e. The molecular formula is C24H29ClN4O3S. The highest BCUT2D eigenvalue weighted by atomic mass is 35.5. The molecule has 0 spiro atoms. The Balaban J connectivity index is 0.00000306. The van der Waals surface area contributed by atoms with Crippen LogP contribution in [-0.4, -0.2) is 39.7 Å². The molecule has 3 aromatic rings. The lowest BCUT2D eigenvalue weighted by Crippen LogP contribution is -2.29. The maximum absolute atomic E-state index is 12.9. The van der Waals surface area contributed by atoms with Crippen LogP contribution >= 0.6 is 23.7 Å². The zero-order chi connectivity index (χ0) is 22.7. The maximum Gasteiger partial charge on any atom is 0.341 e. The predicted molar refractivity (Wildman–Crippen MR) is 132 cm³/mol. The van der Waals surface area contributed by atoms with Gasteiger partial charge in [0.15, 0.2) is 5.69 Å². The standard InChI is InChI=1S/C24H28N4O3S.ClH/c1-4-28-16(3)13-19(26-28)22(29)25-23-21(24(30)31-5-2)18-11-12-27(15-20(18)32-23)14-17-9-7-6-8-10-17;/h6-10,13H,4-5,11-12,14-15H2,1-3H3,(H,25,29);1H. The number of aromatic nitrogens is 2. The molecule has 33 heavy (non-hydrogen) atoms. The molecule has 0 atom stereocenters. The van der Waals surface area contributed by atoms with E-state index in [1.165, 1.54) is 16.9 Å². The number of halogens is 1. The average molecular weight is 489 g/mol. The highest BCUT2D eigenvalue weighted by Crippen LogP contribution is 2.38. The number of esters is 1. The van der Waals surface area contributed by atoms with Gasteiger partial charge in [0.25, 0.3) is 5.91 Å². The van der Waals surface area contributed by atoms with Crippen LogP contribution in [0.25, 0.3) is 0 Å². The summed E-state index contributed by atoms with van der Waals surface area (Å²) >= 11 is 1.46. The number of carbonyl (C=O) groups excluding carboxylic acids is 2. The summed E-state index contributed by atoms with van der Waals surface area (Å²) in [6, 6.07) is 12.1. The van der Waals surface area contributed by atoms with E-state index in [1.54, 1.807) is 17.7 Å². The summed E-state index contributed by atoms with van der Waals surface area (Å²) < 4.78 is 7.11. The van der Waals surface area contributed by atoms with Gasteiger partial charge in [-0.05, 0) is 44.4 Å². The van der Waals surface area contributed by atoms with Crippen molar-refractivity contribution in [3.63, 3.8) is 0 Å². The molecule has 0 unspecified atom stereocenters. The van der Waals surface area contributed by atoms with Crippen LogP contribution in [-0.2, 0) is 30.8 Å². The zero-order valence-electron chi connectivity index (χ0n) is 19.1. The van der Waals surface area contributed by atoms with E-state index >= 15 is 0 Å². The Bertz CT molecular complexity index is 1130. The second-order valence-corrected chi connectivity index (χ2v) is 8.92. The number of anilines is 1. The Morgan fingerprint density at radius 1 is 1.21 bits per heavy atom. The van der Waals surface area contributed by atoms with Gasteiger partial charge in [0.05, 0.1) is 12.2 Å². The Hall–Kier alpha value is -2.68. The zero-order valence-corrected chi connectivity index (χ0v) is 20.7. The lowest BCUT2D eigenvalue weighted by Gasteiger charge is -2.27. The minimum absolute atomic E-state index is 0. The van der Waals surface area contributed by atoms with Gasteiger partial charge in [-0.15, -0.1) is 23.7 Å². The minimum atomic E-state index is -0.382. The van der Waals surface area contributed by atoms with E-state index in [0.29, 0.717) is 22.8 Å². The number of aryl methyl sites for hydroxylation is 2. The number of benzene rings is 1. The third-order valence-corrected chi connectivity index (χ3v) is 6.74. The topological polar surface area (TPSA) is 76.5 Å². The van der Waals surface area contributed by atoms with Gasteiger partial charge in [0.1, 0.15) is 5.00 Å². The van der Waals surface area contributed by atoms with E-state index < -0.39 is 0 Å².